The van der Waals surface area contributed by atoms with Crippen LogP contribution in [0.5, 0.6) is 0 Å². The van der Waals surface area contributed by atoms with E-state index in [1.54, 1.807) is 0 Å². The van der Waals surface area contributed by atoms with Gasteiger partial charge in [-0.15, -0.1) is 0 Å². The standard InChI is InChI=1S/C17H34N2/c1-4-8-16(13-18-14(2)3)19-12-7-10-15-9-5-6-11-17(15)19/h14-18H,4-13H2,1-3H3/t15-,16?,17-/m1/s1. The quantitative estimate of drug-likeness (QED) is 0.786. The van der Waals surface area contributed by atoms with Crippen LogP contribution >= 0.6 is 0 Å². The molecule has 1 saturated carbocycles. The van der Waals surface area contributed by atoms with Crippen molar-refractivity contribution in [3.8, 4) is 0 Å². The summed E-state index contributed by atoms with van der Waals surface area (Å²) in [5.41, 5.74) is 0. The SMILES string of the molecule is CCCC(CNC(C)C)N1CCC[C@H]2CCCC[C@H]21. The molecule has 1 aliphatic carbocycles. The second-order valence-corrected chi connectivity index (χ2v) is 7.00. The van der Waals surface area contributed by atoms with Crippen LogP contribution < -0.4 is 5.32 Å². The molecule has 0 aromatic carbocycles. The number of fused-ring (bicyclic) bond motifs is 1. The summed E-state index contributed by atoms with van der Waals surface area (Å²) in [6, 6.07) is 2.30. The van der Waals surface area contributed by atoms with Crippen molar-refractivity contribution in [2.24, 2.45) is 5.92 Å². The van der Waals surface area contributed by atoms with Crippen molar-refractivity contribution in [2.75, 3.05) is 13.1 Å². The van der Waals surface area contributed by atoms with E-state index in [-0.39, 0.29) is 0 Å². The number of rotatable bonds is 6. The van der Waals surface area contributed by atoms with Crippen LogP contribution in [-0.4, -0.2) is 36.1 Å². The van der Waals surface area contributed by atoms with E-state index in [1.165, 1.54) is 64.5 Å². The molecule has 1 unspecified atom stereocenters. The maximum Gasteiger partial charge on any atom is 0.0223 e. The smallest absolute Gasteiger partial charge is 0.0223 e. The molecule has 2 aliphatic rings. The van der Waals surface area contributed by atoms with E-state index in [4.69, 9.17) is 0 Å². The van der Waals surface area contributed by atoms with Gasteiger partial charge >= 0.3 is 0 Å². The summed E-state index contributed by atoms with van der Waals surface area (Å²) in [5.74, 6) is 1.01. The van der Waals surface area contributed by atoms with Gasteiger partial charge in [0.1, 0.15) is 0 Å². The molecule has 0 spiro atoms. The van der Waals surface area contributed by atoms with Crippen molar-refractivity contribution >= 4 is 0 Å². The molecule has 19 heavy (non-hydrogen) atoms. The van der Waals surface area contributed by atoms with Crippen LogP contribution in [0.25, 0.3) is 0 Å². The molecule has 0 bridgehead atoms. The minimum Gasteiger partial charge on any atom is -0.313 e. The zero-order chi connectivity index (χ0) is 13.7. The summed E-state index contributed by atoms with van der Waals surface area (Å²) in [6.07, 6.45) is 11.5. The molecule has 1 N–H and O–H groups in total. The van der Waals surface area contributed by atoms with Crippen molar-refractivity contribution in [3.05, 3.63) is 0 Å². The van der Waals surface area contributed by atoms with E-state index in [0.717, 1.165) is 18.0 Å². The molecule has 2 fully saturated rings. The maximum atomic E-state index is 3.68. The summed E-state index contributed by atoms with van der Waals surface area (Å²) >= 11 is 0. The van der Waals surface area contributed by atoms with Crippen LogP contribution in [0.3, 0.4) is 0 Å². The molecule has 0 aromatic heterocycles. The van der Waals surface area contributed by atoms with Crippen LogP contribution in [0, 0.1) is 5.92 Å². The molecule has 1 heterocycles. The number of nitrogens with zero attached hydrogens (tertiary/aromatic N) is 1. The van der Waals surface area contributed by atoms with Crippen molar-refractivity contribution < 1.29 is 0 Å². The fourth-order valence-electron chi connectivity index (χ4n) is 4.21. The number of likely N-dealkylation sites (tertiary alicyclic amines) is 1. The van der Waals surface area contributed by atoms with E-state index >= 15 is 0 Å². The Hall–Kier alpha value is -0.0800. The largest absolute Gasteiger partial charge is 0.313 e. The summed E-state index contributed by atoms with van der Waals surface area (Å²) in [4.78, 5) is 2.90. The lowest BCUT2D eigenvalue weighted by atomic mass is 9.77. The Kier molecular flexibility index (Phi) is 6.15. The van der Waals surface area contributed by atoms with Crippen molar-refractivity contribution in [1.29, 1.82) is 0 Å². The zero-order valence-corrected chi connectivity index (χ0v) is 13.3. The van der Waals surface area contributed by atoms with Crippen molar-refractivity contribution in [3.63, 3.8) is 0 Å². The van der Waals surface area contributed by atoms with Crippen molar-refractivity contribution in [2.45, 2.75) is 90.3 Å². The first-order valence-electron chi connectivity index (χ1n) is 8.71. The van der Waals surface area contributed by atoms with Gasteiger partial charge in [-0.05, 0) is 44.6 Å². The van der Waals surface area contributed by atoms with Gasteiger partial charge in [0.25, 0.3) is 0 Å². The Bertz CT molecular complexity index is 250. The number of piperidine rings is 1. The predicted octanol–water partition coefficient (Wildman–Crippen LogP) is 3.81. The summed E-state index contributed by atoms with van der Waals surface area (Å²) in [5, 5.41) is 3.68. The molecule has 3 atom stereocenters. The molecule has 1 aliphatic heterocycles. The Morgan fingerprint density at radius 2 is 1.84 bits per heavy atom. The van der Waals surface area contributed by atoms with Gasteiger partial charge in [-0.25, -0.2) is 0 Å². The van der Waals surface area contributed by atoms with Crippen molar-refractivity contribution in [1.82, 2.24) is 10.2 Å². The molecule has 112 valence electrons. The molecular formula is C17H34N2. The van der Waals surface area contributed by atoms with Crippen LogP contribution in [0.15, 0.2) is 0 Å². The molecule has 0 radical (unpaired) electrons. The van der Waals surface area contributed by atoms with E-state index in [0.29, 0.717) is 6.04 Å². The van der Waals surface area contributed by atoms with Crippen LogP contribution in [0.2, 0.25) is 0 Å². The molecule has 2 heteroatoms. The zero-order valence-electron chi connectivity index (χ0n) is 13.3. The van der Waals surface area contributed by atoms with E-state index in [1.807, 2.05) is 0 Å². The first-order chi connectivity index (χ1) is 9.22. The summed E-state index contributed by atoms with van der Waals surface area (Å²) < 4.78 is 0. The topological polar surface area (TPSA) is 15.3 Å². The Labute approximate surface area is 120 Å². The highest BCUT2D eigenvalue weighted by Gasteiger charge is 2.36. The number of nitrogens with one attached hydrogen (secondary N) is 1. The average Bonchev–Trinajstić information content (AvgIpc) is 2.43. The van der Waals surface area contributed by atoms with Gasteiger partial charge in [0, 0.05) is 24.7 Å². The first-order valence-corrected chi connectivity index (χ1v) is 8.71. The van der Waals surface area contributed by atoms with Gasteiger partial charge < -0.3 is 5.32 Å². The first kappa shape index (κ1) is 15.3. The van der Waals surface area contributed by atoms with Crippen LogP contribution in [0.4, 0.5) is 0 Å². The van der Waals surface area contributed by atoms with Gasteiger partial charge in [0.15, 0.2) is 0 Å². The third-order valence-corrected chi connectivity index (χ3v) is 5.14. The highest BCUT2D eigenvalue weighted by Crippen LogP contribution is 2.36. The molecule has 1 saturated heterocycles. The Morgan fingerprint density at radius 1 is 1.11 bits per heavy atom. The third kappa shape index (κ3) is 4.19. The molecular weight excluding hydrogens is 232 g/mol. The minimum atomic E-state index is 0.617. The van der Waals surface area contributed by atoms with Gasteiger partial charge in [-0.3, -0.25) is 4.90 Å². The maximum absolute atomic E-state index is 3.68. The van der Waals surface area contributed by atoms with Gasteiger partial charge in [0.2, 0.25) is 0 Å². The second-order valence-electron chi connectivity index (χ2n) is 7.00. The Morgan fingerprint density at radius 3 is 2.58 bits per heavy atom. The Balaban J connectivity index is 1.97. The number of hydrogen-bond acceptors (Lipinski definition) is 2. The van der Waals surface area contributed by atoms with E-state index < -0.39 is 0 Å². The van der Waals surface area contributed by atoms with E-state index in [9.17, 15) is 0 Å². The van der Waals surface area contributed by atoms with Gasteiger partial charge in [-0.1, -0.05) is 40.0 Å². The van der Waals surface area contributed by atoms with E-state index in [2.05, 4.69) is 31.0 Å². The fraction of sp³-hybridized carbons (Fsp3) is 1.00. The molecule has 2 rings (SSSR count). The lowest BCUT2D eigenvalue weighted by Crippen LogP contribution is -2.54. The van der Waals surface area contributed by atoms with Gasteiger partial charge in [0.05, 0.1) is 0 Å². The average molecular weight is 266 g/mol. The molecule has 0 amide bonds. The normalized spacial score (nSPS) is 30.3. The third-order valence-electron chi connectivity index (χ3n) is 5.14. The monoisotopic (exact) mass is 266 g/mol. The molecule has 2 nitrogen and oxygen atoms in total. The minimum absolute atomic E-state index is 0.617. The van der Waals surface area contributed by atoms with Crippen LogP contribution in [-0.2, 0) is 0 Å². The highest BCUT2D eigenvalue weighted by molar-refractivity contribution is 4.91. The fourth-order valence-corrected chi connectivity index (χ4v) is 4.21. The molecule has 0 aromatic rings. The lowest BCUT2D eigenvalue weighted by Gasteiger charge is -2.48. The second kappa shape index (κ2) is 7.64. The highest BCUT2D eigenvalue weighted by atomic mass is 15.2. The number of hydrogen-bond donors (Lipinski definition) is 1. The van der Waals surface area contributed by atoms with Gasteiger partial charge in [-0.2, -0.15) is 0 Å². The lowest BCUT2D eigenvalue weighted by molar-refractivity contribution is 0.0220. The summed E-state index contributed by atoms with van der Waals surface area (Å²) in [6.45, 7) is 9.41. The summed E-state index contributed by atoms with van der Waals surface area (Å²) in [7, 11) is 0. The van der Waals surface area contributed by atoms with Crippen LogP contribution in [0.1, 0.15) is 72.1 Å². The predicted molar refractivity (Wildman–Crippen MR) is 83.5 cm³/mol.